The first-order chi connectivity index (χ1) is 10.0. The highest BCUT2D eigenvalue weighted by Gasteiger charge is 2.14. The summed E-state index contributed by atoms with van der Waals surface area (Å²) in [5.74, 6) is -1.07. The first-order valence-corrected chi connectivity index (χ1v) is 7.36. The maximum absolute atomic E-state index is 13.7. The Hall–Kier alpha value is -1.98. The van der Waals surface area contributed by atoms with Gasteiger partial charge in [0.1, 0.15) is 5.82 Å². The number of hydrogen-bond donors (Lipinski definition) is 1. The Morgan fingerprint density at radius 1 is 1.29 bits per heavy atom. The average molecular weight is 321 g/mol. The number of amides is 1. The highest BCUT2D eigenvalue weighted by molar-refractivity contribution is 7.22. The lowest BCUT2D eigenvalue weighted by molar-refractivity contribution is 0.102. The molecule has 1 heterocycles. The van der Waals surface area contributed by atoms with Gasteiger partial charge in [0.15, 0.2) is 5.13 Å². The first kappa shape index (κ1) is 14.0. The van der Waals surface area contributed by atoms with Crippen LogP contribution in [0.2, 0.25) is 5.02 Å². The van der Waals surface area contributed by atoms with Crippen molar-refractivity contribution in [2.24, 2.45) is 0 Å². The van der Waals surface area contributed by atoms with Crippen molar-refractivity contribution in [1.29, 1.82) is 0 Å². The van der Waals surface area contributed by atoms with Crippen molar-refractivity contribution in [2.75, 3.05) is 5.32 Å². The lowest BCUT2D eigenvalue weighted by atomic mass is 10.1. The summed E-state index contributed by atoms with van der Waals surface area (Å²) in [6.45, 7) is 1.80. The van der Waals surface area contributed by atoms with Crippen LogP contribution in [0.15, 0.2) is 36.4 Å². The van der Waals surface area contributed by atoms with E-state index in [1.165, 1.54) is 23.5 Å². The molecule has 0 fully saturated rings. The number of thiazole rings is 1. The molecule has 3 rings (SSSR count). The number of carbonyl (C=O) groups is 1. The van der Waals surface area contributed by atoms with Crippen molar-refractivity contribution in [3.63, 3.8) is 0 Å². The molecule has 6 heteroatoms. The number of hydrogen-bond acceptors (Lipinski definition) is 3. The van der Waals surface area contributed by atoms with E-state index < -0.39 is 11.7 Å². The van der Waals surface area contributed by atoms with Gasteiger partial charge in [-0.15, -0.1) is 0 Å². The van der Waals surface area contributed by atoms with Crippen molar-refractivity contribution < 1.29 is 9.18 Å². The van der Waals surface area contributed by atoms with E-state index in [4.69, 9.17) is 11.6 Å². The number of halogens is 2. The third-order valence-corrected chi connectivity index (χ3v) is 4.11. The molecule has 0 unspecified atom stereocenters. The predicted octanol–water partition coefficient (Wildman–Crippen LogP) is 4.65. The summed E-state index contributed by atoms with van der Waals surface area (Å²) in [7, 11) is 0. The van der Waals surface area contributed by atoms with E-state index in [1.807, 2.05) is 0 Å². The van der Waals surface area contributed by atoms with Crippen molar-refractivity contribution >= 4 is 44.2 Å². The molecule has 0 atom stereocenters. The molecule has 0 saturated heterocycles. The topological polar surface area (TPSA) is 42.0 Å². The minimum atomic E-state index is -0.553. The van der Waals surface area contributed by atoms with Gasteiger partial charge in [0.05, 0.1) is 15.8 Å². The van der Waals surface area contributed by atoms with Crippen LogP contribution in [0.1, 0.15) is 15.9 Å². The predicted molar refractivity (Wildman–Crippen MR) is 83.7 cm³/mol. The van der Waals surface area contributed by atoms with Crippen LogP contribution in [0, 0.1) is 12.7 Å². The summed E-state index contributed by atoms with van der Waals surface area (Å²) in [4.78, 5) is 16.4. The number of anilines is 1. The number of aromatic nitrogens is 1. The summed E-state index contributed by atoms with van der Waals surface area (Å²) in [5.41, 5.74) is 1.56. The third kappa shape index (κ3) is 2.89. The maximum Gasteiger partial charge on any atom is 0.260 e. The highest BCUT2D eigenvalue weighted by atomic mass is 35.5. The molecule has 1 N–H and O–H groups in total. The van der Waals surface area contributed by atoms with Gasteiger partial charge in [0.25, 0.3) is 5.91 Å². The molecule has 1 aromatic heterocycles. The van der Waals surface area contributed by atoms with Crippen LogP contribution in [0.3, 0.4) is 0 Å². The average Bonchev–Trinajstić information content (AvgIpc) is 2.82. The highest BCUT2D eigenvalue weighted by Crippen LogP contribution is 2.28. The van der Waals surface area contributed by atoms with Gasteiger partial charge in [-0.05, 0) is 37.3 Å². The number of nitrogens with zero attached hydrogens (tertiary/aromatic N) is 1. The molecule has 106 valence electrons. The van der Waals surface area contributed by atoms with Crippen LogP contribution in [0.5, 0.6) is 0 Å². The van der Waals surface area contributed by atoms with E-state index in [0.717, 1.165) is 15.8 Å². The minimum Gasteiger partial charge on any atom is -0.298 e. The fourth-order valence-electron chi connectivity index (χ4n) is 1.93. The molecule has 3 nitrogen and oxygen atoms in total. The van der Waals surface area contributed by atoms with Gasteiger partial charge in [0, 0.05) is 5.02 Å². The number of nitrogens with one attached hydrogen (secondary N) is 1. The Bertz CT molecular complexity index is 847. The van der Waals surface area contributed by atoms with Gasteiger partial charge < -0.3 is 0 Å². The molecular weight excluding hydrogens is 311 g/mol. The van der Waals surface area contributed by atoms with Gasteiger partial charge >= 0.3 is 0 Å². The molecular formula is C15H10ClFN2OS. The van der Waals surface area contributed by atoms with Gasteiger partial charge in [-0.25, -0.2) is 9.37 Å². The molecule has 2 aromatic carbocycles. The molecule has 21 heavy (non-hydrogen) atoms. The Balaban J connectivity index is 1.90. The molecule has 0 saturated carbocycles. The second-order valence-electron chi connectivity index (χ2n) is 4.57. The Labute approximate surface area is 129 Å². The van der Waals surface area contributed by atoms with Crippen LogP contribution >= 0.6 is 22.9 Å². The van der Waals surface area contributed by atoms with Gasteiger partial charge in [-0.2, -0.15) is 0 Å². The van der Waals surface area contributed by atoms with Crippen molar-refractivity contribution in [3.05, 3.63) is 58.4 Å². The lowest BCUT2D eigenvalue weighted by Gasteiger charge is -2.04. The van der Waals surface area contributed by atoms with Crippen LogP contribution < -0.4 is 5.32 Å². The normalized spacial score (nSPS) is 10.8. The van der Waals surface area contributed by atoms with Crippen molar-refractivity contribution in [1.82, 2.24) is 4.98 Å². The molecule has 3 aromatic rings. The number of benzene rings is 2. The van der Waals surface area contributed by atoms with E-state index in [-0.39, 0.29) is 5.56 Å². The third-order valence-electron chi connectivity index (χ3n) is 2.94. The van der Waals surface area contributed by atoms with Gasteiger partial charge in [-0.1, -0.05) is 34.6 Å². The van der Waals surface area contributed by atoms with Crippen molar-refractivity contribution in [2.45, 2.75) is 6.92 Å². The molecule has 0 radical (unpaired) electrons. The standard InChI is InChI=1S/C15H10ClFN2OS/c1-8-2-4-11(17)10(6-8)14(20)19-15-18-12-5-3-9(16)7-13(12)21-15/h2-7H,1H3,(H,18,19,20). The Morgan fingerprint density at radius 3 is 2.90 bits per heavy atom. The first-order valence-electron chi connectivity index (χ1n) is 6.16. The lowest BCUT2D eigenvalue weighted by Crippen LogP contribution is -2.13. The summed E-state index contributed by atoms with van der Waals surface area (Å²) in [6.07, 6.45) is 0. The molecule has 0 spiro atoms. The summed E-state index contributed by atoms with van der Waals surface area (Å²) < 4.78 is 14.5. The van der Waals surface area contributed by atoms with Crippen LogP contribution in [0.4, 0.5) is 9.52 Å². The summed E-state index contributed by atoms with van der Waals surface area (Å²) in [5, 5.41) is 3.64. The second-order valence-corrected chi connectivity index (χ2v) is 6.04. The van der Waals surface area contributed by atoms with Crippen LogP contribution in [0.25, 0.3) is 10.2 Å². The Kier molecular flexibility index (Phi) is 3.61. The second kappa shape index (κ2) is 5.42. The van der Waals surface area contributed by atoms with E-state index in [1.54, 1.807) is 31.2 Å². The monoisotopic (exact) mass is 320 g/mol. The number of carbonyl (C=O) groups excluding carboxylic acids is 1. The minimum absolute atomic E-state index is 0.00675. The fraction of sp³-hybridized carbons (Fsp3) is 0.0667. The van der Waals surface area contributed by atoms with Crippen molar-refractivity contribution in [3.8, 4) is 0 Å². The fourth-order valence-corrected chi connectivity index (χ4v) is 3.07. The van der Waals surface area contributed by atoms with E-state index in [0.29, 0.717) is 10.2 Å². The number of rotatable bonds is 2. The largest absolute Gasteiger partial charge is 0.298 e. The van der Waals surface area contributed by atoms with E-state index in [2.05, 4.69) is 10.3 Å². The smallest absolute Gasteiger partial charge is 0.260 e. The maximum atomic E-state index is 13.7. The van der Waals surface area contributed by atoms with Gasteiger partial charge in [-0.3, -0.25) is 10.1 Å². The zero-order chi connectivity index (χ0) is 15.0. The molecule has 0 aliphatic carbocycles. The molecule has 0 aliphatic heterocycles. The zero-order valence-electron chi connectivity index (χ0n) is 11.0. The van der Waals surface area contributed by atoms with E-state index in [9.17, 15) is 9.18 Å². The van der Waals surface area contributed by atoms with Crippen LogP contribution in [-0.2, 0) is 0 Å². The number of aryl methyl sites for hydroxylation is 1. The summed E-state index contributed by atoms with van der Waals surface area (Å²) in [6, 6.07) is 9.69. The molecule has 1 amide bonds. The molecule has 0 aliphatic rings. The van der Waals surface area contributed by atoms with Crippen LogP contribution in [-0.4, -0.2) is 10.9 Å². The van der Waals surface area contributed by atoms with Gasteiger partial charge in [0.2, 0.25) is 0 Å². The zero-order valence-corrected chi connectivity index (χ0v) is 12.6. The van der Waals surface area contributed by atoms with E-state index >= 15 is 0 Å². The number of fused-ring (bicyclic) bond motifs is 1. The molecule has 0 bridgehead atoms. The quantitative estimate of drug-likeness (QED) is 0.746. The Morgan fingerprint density at radius 2 is 2.10 bits per heavy atom. The summed E-state index contributed by atoms with van der Waals surface area (Å²) >= 11 is 7.20. The SMILES string of the molecule is Cc1ccc(F)c(C(=O)Nc2nc3ccc(Cl)cc3s2)c1.